The van der Waals surface area contributed by atoms with Crippen LogP contribution in [-0.4, -0.2) is 46.6 Å². The number of benzene rings is 1. The van der Waals surface area contributed by atoms with E-state index in [-0.39, 0.29) is 12.5 Å². The second-order valence-electron chi connectivity index (χ2n) is 5.77. The lowest BCUT2D eigenvalue weighted by atomic mass is 9.97. The second-order valence-corrected chi connectivity index (χ2v) is 7.01. The number of methoxy groups -OCH3 is 1. The molecule has 0 spiro atoms. The summed E-state index contributed by atoms with van der Waals surface area (Å²) >= 11 is 0. The van der Waals surface area contributed by atoms with Crippen LogP contribution in [0.3, 0.4) is 0 Å². The molecule has 1 aromatic carbocycles. The molecule has 1 aliphatic heterocycles. The van der Waals surface area contributed by atoms with Crippen LogP contribution >= 0.6 is 7.82 Å². The number of anilines is 1. The first-order valence-electron chi connectivity index (χ1n) is 7.70. The van der Waals surface area contributed by atoms with Gasteiger partial charge in [-0.2, -0.15) is 0 Å². The zero-order valence-electron chi connectivity index (χ0n) is 13.3. The topological polar surface area (TPSA) is 105 Å². The van der Waals surface area contributed by atoms with Gasteiger partial charge in [-0.15, -0.1) is 0 Å². The molecule has 1 fully saturated rings. The highest BCUT2D eigenvalue weighted by Crippen LogP contribution is 2.38. The molecule has 24 heavy (non-hydrogen) atoms. The van der Waals surface area contributed by atoms with E-state index in [0.717, 1.165) is 42.7 Å². The van der Waals surface area contributed by atoms with Crippen LogP contribution in [0.15, 0.2) is 24.5 Å². The normalized spacial score (nSPS) is 16.5. The van der Waals surface area contributed by atoms with Crippen LogP contribution in [0.4, 0.5) is 5.82 Å². The molecule has 0 atom stereocenters. The van der Waals surface area contributed by atoms with Gasteiger partial charge in [-0.05, 0) is 30.9 Å². The first kappa shape index (κ1) is 17.1. The number of hydrogen-bond donors (Lipinski definition) is 2. The molecule has 2 N–H and O–H groups in total. The number of ether oxygens (including phenoxy) is 1. The molecule has 3 rings (SSSR count). The Morgan fingerprint density at radius 3 is 2.71 bits per heavy atom. The van der Waals surface area contributed by atoms with Crippen LogP contribution < -0.4 is 9.64 Å². The van der Waals surface area contributed by atoms with Crippen molar-refractivity contribution in [3.8, 4) is 5.75 Å². The quantitative estimate of drug-likeness (QED) is 0.786. The summed E-state index contributed by atoms with van der Waals surface area (Å²) in [5, 5.41) is 0.932. The van der Waals surface area contributed by atoms with Gasteiger partial charge in [0.2, 0.25) is 0 Å². The fourth-order valence-electron chi connectivity index (χ4n) is 2.98. The van der Waals surface area contributed by atoms with E-state index < -0.39 is 7.82 Å². The van der Waals surface area contributed by atoms with Crippen molar-refractivity contribution in [1.29, 1.82) is 0 Å². The summed E-state index contributed by atoms with van der Waals surface area (Å²) in [7, 11) is -2.78. The van der Waals surface area contributed by atoms with E-state index in [1.54, 1.807) is 7.11 Å². The van der Waals surface area contributed by atoms with Gasteiger partial charge in [0, 0.05) is 18.5 Å². The third-order valence-corrected chi connectivity index (χ3v) is 4.70. The minimum absolute atomic E-state index is 0.0798. The first-order chi connectivity index (χ1) is 11.5. The maximum absolute atomic E-state index is 10.8. The molecule has 130 valence electrons. The molecule has 1 aromatic heterocycles. The van der Waals surface area contributed by atoms with Crippen molar-refractivity contribution < 1.29 is 23.6 Å². The van der Waals surface area contributed by atoms with E-state index in [2.05, 4.69) is 19.4 Å². The van der Waals surface area contributed by atoms with Crippen LogP contribution in [0.25, 0.3) is 10.9 Å². The number of piperidine rings is 1. The van der Waals surface area contributed by atoms with Crippen molar-refractivity contribution in [3.05, 3.63) is 24.5 Å². The van der Waals surface area contributed by atoms with Crippen molar-refractivity contribution in [1.82, 2.24) is 9.97 Å². The Morgan fingerprint density at radius 1 is 1.29 bits per heavy atom. The Bertz CT molecular complexity index is 758. The van der Waals surface area contributed by atoms with Crippen LogP contribution in [0.5, 0.6) is 5.75 Å². The zero-order chi connectivity index (χ0) is 17.2. The SMILES string of the molecule is COc1cccc2c(N3CCC(COP(=O)(O)O)CC3)ncnc12. The van der Waals surface area contributed by atoms with Gasteiger partial charge >= 0.3 is 7.82 Å². The summed E-state index contributed by atoms with van der Waals surface area (Å²) < 4.78 is 20.8. The number of fused-ring (bicyclic) bond motifs is 1. The molecule has 0 saturated carbocycles. The van der Waals surface area contributed by atoms with Gasteiger partial charge in [-0.1, -0.05) is 6.07 Å². The van der Waals surface area contributed by atoms with E-state index in [4.69, 9.17) is 14.5 Å². The van der Waals surface area contributed by atoms with E-state index in [9.17, 15) is 4.57 Å². The minimum Gasteiger partial charge on any atom is -0.494 e. The number of phosphoric ester groups is 1. The van der Waals surface area contributed by atoms with Gasteiger partial charge in [-0.3, -0.25) is 4.52 Å². The van der Waals surface area contributed by atoms with Crippen molar-refractivity contribution in [2.75, 3.05) is 31.7 Å². The maximum Gasteiger partial charge on any atom is 0.469 e. The fourth-order valence-corrected chi connectivity index (χ4v) is 3.38. The maximum atomic E-state index is 10.8. The van der Waals surface area contributed by atoms with Gasteiger partial charge in [0.1, 0.15) is 23.4 Å². The third kappa shape index (κ3) is 3.84. The van der Waals surface area contributed by atoms with Gasteiger partial charge in [0.05, 0.1) is 13.7 Å². The van der Waals surface area contributed by atoms with E-state index >= 15 is 0 Å². The highest BCUT2D eigenvalue weighted by atomic mass is 31.2. The number of nitrogens with zero attached hydrogens (tertiary/aromatic N) is 3. The molecule has 0 amide bonds. The summed E-state index contributed by atoms with van der Waals surface area (Å²) in [6, 6.07) is 5.75. The number of hydrogen-bond acceptors (Lipinski definition) is 6. The number of phosphoric acid groups is 1. The molecular weight excluding hydrogens is 333 g/mol. The third-order valence-electron chi connectivity index (χ3n) is 4.22. The molecule has 0 unspecified atom stereocenters. The fraction of sp³-hybridized carbons (Fsp3) is 0.467. The molecular formula is C15H20N3O5P. The van der Waals surface area contributed by atoms with Gasteiger partial charge < -0.3 is 19.4 Å². The van der Waals surface area contributed by atoms with Crippen LogP contribution in [-0.2, 0) is 9.09 Å². The Kier molecular flexibility index (Phi) is 5.01. The monoisotopic (exact) mass is 353 g/mol. The number of aromatic nitrogens is 2. The van der Waals surface area contributed by atoms with E-state index in [1.165, 1.54) is 6.33 Å². The van der Waals surface area contributed by atoms with Crippen molar-refractivity contribution in [2.24, 2.45) is 5.92 Å². The van der Waals surface area contributed by atoms with Crippen LogP contribution in [0, 0.1) is 5.92 Å². The van der Waals surface area contributed by atoms with Crippen molar-refractivity contribution in [3.63, 3.8) is 0 Å². The minimum atomic E-state index is -4.40. The Balaban J connectivity index is 1.73. The van der Waals surface area contributed by atoms with Crippen LogP contribution in [0.2, 0.25) is 0 Å². The molecule has 2 aromatic rings. The smallest absolute Gasteiger partial charge is 0.469 e. The largest absolute Gasteiger partial charge is 0.494 e. The molecule has 1 aliphatic rings. The Labute approximate surface area is 139 Å². The molecule has 0 bridgehead atoms. The van der Waals surface area contributed by atoms with Gasteiger partial charge in [0.15, 0.2) is 0 Å². The van der Waals surface area contributed by atoms with Crippen molar-refractivity contribution in [2.45, 2.75) is 12.8 Å². The molecule has 0 aliphatic carbocycles. The lowest BCUT2D eigenvalue weighted by Crippen LogP contribution is -2.35. The predicted octanol–water partition coefficient (Wildman–Crippen LogP) is 1.96. The standard InChI is InChI=1S/C15H20N3O5P/c1-22-13-4-2-3-12-14(13)16-10-17-15(12)18-7-5-11(6-8-18)9-23-24(19,20)21/h2-4,10-11H,5-9H2,1H3,(H2,19,20,21). The van der Waals surface area contributed by atoms with Gasteiger partial charge in [-0.25, -0.2) is 14.5 Å². The molecule has 2 heterocycles. The summed E-state index contributed by atoms with van der Waals surface area (Å²) in [4.78, 5) is 28.5. The van der Waals surface area contributed by atoms with E-state index in [1.807, 2.05) is 18.2 Å². The van der Waals surface area contributed by atoms with Gasteiger partial charge in [0.25, 0.3) is 0 Å². The zero-order valence-corrected chi connectivity index (χ0v) is 14.2. The number of para-hydroxylation sites is 1. The lowest BCUT2D eigenvalue weighted by molar-refractivity contribution is 0.156. The number of rotatable bonds is 5. The van der Waals surface area contributed by atoms with E-state index in [0.29, 0.717) is 5.75 Å². The summed E-state index contributed by atoms with van der Waals surface area (Å²) in [5.74, 6) is 1.70. The lowest BCUT2D eigenvalue weighted by Gasteiger charge is -2.33. The molecule has 9 heteroatoms. The average molecular weight is 353 g/mol. The Hall–Kier alpha value is -1.73. The Morgan fingerprint density at radius 2 is 2.04 bits per heavy atom. The molecule has 8 nitrogen and oxygen atoms in total. The predicted molar refractivity (Wildman–Crippen MR) is 89.0 cm³/mol. The second kappa shape index (κ2) is 7.03. The summed E-state index contributed by atoms with van der Waals surface area (Å²) in [5.41, 5.74) is 0.775. The summed E-state index contributed by atoms with van der Waals surface area (Å²) in [6.45, 7) is 1.58. The highest BCUT2D eigenvalue weighted by molar-refractivity contribution is 7.46. The first-order valence-corrected chi connectivity index (χ1v) is 9.23. The molecule has 1 saturated heterocycles. The molecule has 0 radical (unpaired) electrons. The average Bonchev–Trinajstić information content (AvgIpc) is 2.59. The van der Waals surface area contributed by atoms with Crippen molar-refractivity contribution >= 4 is 24.5 Å². The van der Waals surface area contributed by atoms with Crippen LogP contribution in [0.1, 0.15) is 12.8 Å². The summed E-state index contributed by atoms with van der Waals surface area (Å²) in [6.07, 6.45) is 3.11. The highest BCUT2D eigenvalue weighted by Gasteiger charge is 2.24.